The molecule has 0 aromatic heterocycles. The third-order valence-corrected chi connectivity index (χ3v) is 4.74. The lowest BCUT2D eigenvalue weighted by molar-refractivity contribution is -0.118. The van der Waals surface area contributed by atoms with E-state index in [-0.39, 0.29) is 12.5 Å². The minimum Gasteiger partial charge on any atom is -0.497 e. The SMILES string of the molecule is COc1ccc(OCC(=O)Nc2cc(Cl)ccc2N2CCN(C)CC2)cc1. The van der Waals surface area contributed by atoms with Gasteiger partial charge in [0.2, 0.25) is 0 Å². The second-order valence-corrected chi connectivity index (χ2v) is 6.90. The van der Waals surface area contributed by atoms with Crippen LogP contribution in [0.25, 0.3) is 0 Å². The van der Waals surface area contributed by atoms with Gasteiger partial charge in [0, 0.05) is 31.2 Å². The smallest absolute Gasteiger partial charge is 0.262 e. The Balaban J connectivity index is 1.63. The molecule has 0 atom stereocenters. The summed E-state index contributed by atoms with van der Waals surface area (Å²) < 4.78 is 10.7. The molecule has 1 aliphatic heterocycles. The molecular weight excluding hydrogens is 366 g/mol. The first-order chi connectivity index (χ1) is 13.0. The number of anilines is 2. The van der Waals surface area contributed by atoms with E-state index in [0.717, 1.165) is 37.6 Å². The van der Waals surface area contributed by atoms with E-state index in [9.17, 15) is 4.79 Å². The van der Waals surface area contributed by atoms with E-state index in [2.05, 4.69) is 22.2 Å². The van der Waals surface area contributed by atoms with Gasteiger partial charge >= 0.3 is 0 Å². The molecule has 0 radical (unpaired) electrons. The highest BCUT2D eigenvalue weighted by molar-refractivity contribution is 6.31. The average molecular weight is 390 g/mol. The molecule has 27 heavy (non-hydrogen) atoms. The molecule has 1 fully saturated rings. The predicted octanol–water partition coefficient (Wildman–Crippen LogP) is 3.12. The Morgan fingerprint density at radius 1 is 1.07 bits per heavy atom. The number of ether oxygens (including phenoxy) is 2. The Kier molecular flexibility index (Phi) is 6.42. The Labute approximate surface area is 164 Å². The lowest BCUT2D eigenvalue weighted by Crippen LogP contribution is -2.44. The number of nitrogens with zero attached hydrogens (tertiary/aromatic N) is 2. The maximum absolute atomic E-state index is 12.4. The van der Waals surface area contributed by atoms with E-state index >= 15 is 0 Å². The van der Waals surface area contributed by atoms with Gasteiger partial charge in [-0.1, -0.05) is 11.6 Å². The van der Waals surface area contributed by atoms with E-state index in [1.54, 1.807) is 37.4 Å². The van der Waals surface area contributed by atoms with Crippen LogP contribution >= 0.6 is 11.6 Å². The van der Waals surface area contributed by atoms with Gasteiger partial charge in [0.25, 0.3) is 5.91 Å². The molecule has 3 rings (SSSR count). The summed E-state index contributed by atoms with van der Waals surface area (Å²) in [4.78, 5) is 16.9. The predicted molar refractivity (Wildman–Crippen MR) is 108 cm³/mol. The summed E-state index contributed by atoms with van der Waals surface area (Å²) in [6.07, 6.45) is 0. The van der Waals surface area contributed by atoms with Crippen LogP contribution in [-0.4, -0.2) is 57.8 Å². The molecule has 6 nitrogen and oxygen atoms in total. The number of rotatable bonds is 6. The number of carbonyl (C=O) groups is 1. The topological polar surface area (TPSA) is 54.0 Å². The van der Waals surface area contributed by atoms with Crippen molar-refractivity contribution >= 4 is 28.9 Å². The molecule has 1 amide bonds. The Hall–Kier alpha value is -2.44. The zero-order valence-electron chi connectivity index (χ0n) is 15.6. The van der Waals surface area contributed by atoms with Gasteiger partial charge in [0.1, 0.15) is 11.5 Å². The van der Waals surface area contributed by atoms with E-state index in [0.29, 0.717) is 16.5 Å². The van der Waals surface area contributed by atoms with Crippen molar-refractivity contribution in [2.45, 2.75) is 0 Å². The van der Waals surface area contributed by atoms with Crippen molar-refractivity contribution in [3.8, 4) is 11.5 Å². The highest BCUT2D eigenvalue weighted by atomic mass is 35.5. The van der Waals surface area contributed by atoms with Crippen LogP contribution in [0.3, 0.4) is 0 Å². The summed E-state index contributed by atoms with van der Waals surface area (Å²) in [7, 11) is 3.71. The zero-order valence-corrected chi connectivity index (χ0v) is 16.3. The van der Waals surface area contributed by atoms with Crippen molar-refractivity contribution < 1.29 is 14.3 Å². The monoisotopic (exact) mass is 389 g/mol. The molecule has 2 aromatic rings. The van der Waals surface area contributed by atoms with Crippen LogP contribution in [0.4, 0.5) is 11.4 Å². The van der Waals surface area contributed by atoms with Gasteiger partial charge in [-0.15, -0.1) is 0 Å². The fourth-order valence-electron chi connectivity index (χ4n) is 2.94. The van der Waals surface area contributed by atoms with E-state index in [4.69, 9.17) is 21.1 Å². The number of amides is 1. The maximum atomic E-state index is 12.4. The second kappa shape index (κ2) is 8.97. The summed E-state index contributed by atoms with van der Waals surface area (Å²) in [5.74, 6) is 1.11. The molecule has 0 saturated carbocycles. The van der Waals surface area contributed by atoms with Crippen molar-refractivity contribution in [1.82, 2.24) is 4.90 Å². The number of carbonyl (C=O) groups excluding carboxylic acids is 1. The molecule has 144 valence electrons. The fraction of sp³-hybridized carbons (Fsp3) is 0.350. The molecule has 0 unspecified atom stereocenters. The van der Waals surface area contributed by atoms with Crippen molar-refractivity contribution in [2.75, 3.05) is 57.2 Å². The third-order valence-electron chi connectivity index (χ3n) is 4.51. The van der Waals surface area contributed by atoms with Gasteiger partial charge in [-0.25, -0.2) is 0 Å². The number of benzene rings is 2. The molecule has 1 heterocycles. The Morgan fingerprint density at radius 3 is 2.41 bits per heavy atom. The van der Waals surface area contributed by atoms with Gasteiger partial charge < -0.3 is 24.6 Å². The normalized spacial score (nSPS) is 14.7. The van der Waals surface area contributed by atoms with Crippen molar-refractivity contribution in [1.29, 1.82) is 0 Å². The van der Waals surface area contributed by atoms with Crippen LogP contribution in [0.15, 0.2) is 42.5 Å². The first-order valence-electron chi connectivity index (χ1n) is 8.85. The number of hydrogen-bond donors (Lipinski definition) is 1. The summed E-state index contributed by atoms with van der Waals surface area (Å²) >= 11 is 6.14. The first-order valence-corrected chi connectivity index (χ1v) is 9.22. The molecule has 0 aliphatic carbocycles. The summed E-state index contributed by atoms with van der Waals surface area (Å²) in [5.41, 5.74) is 1.68. The van der Waals surface area contributed by atoms with Crippen molar-refractivity contribution in [3.63, 3.8) is 0 Å². The standard InChI is InChI=1S/C20H24ClN3O3/c1-23-9-11-24(12-10-23)19-8-3-15(21)13-18(19)22-20(25)14-27-17-6-4-16(26-2)5-7-17/h3-8,13H,9-12,14H2,1-2H3,(H,22,25). The third kappa shape index (κ3) is 5.28. The van der Waals surface area contributed by atoms with E-state index < -0.39 is 0 Å². The molecule has 7 heteroatoms. The number of methoxy groups -OCH3 is 1. The van der Waals surface area contributed by atoms with Crippen molar-refractivity contribution in [3.05, 3.63) is 47.5 Å². The lowest BCUT2D eigenvalue weighted by atomic mass is 10.2. The highest BCUT2D eigenvalue weighted by Gasteiger charge is 2.18. The molecule has 0 bridgehead atoms. The number of piperazine rings is 1. The maximum Gasteiger partial charge on any atom is 0.262 e. The summed E-state index contributed by atoms with van der Waals surface area (Å²) in [6, 6.07) is 12.7. The second-order valence-electron chi connectivity index (χ2n) is 6.46. The van der Waals surface area contributed by atoms with Crippen LogP contribution in [0, 0.1) is 0 Å². The van der Waals surface area contributed by atoms with Crippen LogP contribution in [-0.2, 0) is 4.79 Å². The van der Waals surface area contributed by atoms with Gasteiger partial charge in [-0.05, 0) is 49.5 Å². The molecular formula is C20H24ClN3O3. The fourth-order valence-corrected chi connectivity index (χ4v) is 3.11. The zero-order chi connectivity index (χ0) is 19.2. The lowest BCUT2D eigenvalue weighted by Gasteiger charge is -2.35. The first kappa shape index (κ1) is 19.3. The summed E-state index contributed by atoms with van der Waals surface area (Å²) in [6.45, 7) is 3.70. The number of nitrogens with one attached hydrogen (secondary N) is 1. The Bertz CT molecular complexity index is 775. The van der Waals surface area contributed by atoms with E-state index in [1.165, 1.54) is 0 Å². The van der Waals surface area contributed by atoms with Gasteiger partial charge in [-0.3, -0.25) is 4.79 Å². The number of halogens is 1. The minimum atomic E-state index is -0.233. The number of hydrogen-bond acceptors (Lipinski definition) is 5. The van der Waals surface area contributed by atoms with Crippen LogP contribution in [0.2, 0.25) is 5.02 Å². The highest BCUT2D eigenvalue weighted by Crippen LogP contribution is 2.30. The Morgan fingerprint density at radius 2 is 1.74 bits per heavy atom. The quantitative estimate of drug-likeness (QED) is 0.822. The molecule has 2 aromatic carbocycles. The molecule has 0 spiro atoms. The van der Waals surface area contributed by atoms with E-state index in [1.807, 2.05) is 12.1 Å². The van der Waals surface area contributed by atoms with Crippen LogP contribution in [0.1, 0.15) is 0 Å². The van der Waals surface area contributed by atoms with Gasteiger partial charge in [0.15, 0.2) is 6.61 Å². The van der Waals surface area contributed by atoms with Crippen molar-refractivity contribution in [2.24, 2.45) is 0 Å². The van der Waals surface area contributed by atoms with Crippen LogP contribution < -0.4 is 19.7 Å². The van der Waals surface area contributed by atoms with Gasteiger partial charge in [-0.2, -0.15) is 0 Å². The molecule has 1 N–H and O–H groups in total. The van der Waals surface area contributed by atoms with Gasteiger partial charge in [0.05, 0.1) is 18.5 Å². The number of likely N-dealkylation sites (N-methyl/N-ethyl adjacent to an activating group) is 1. The minimum absolute atomic E-state index is 0.0823. The van der Waals surface area contributed by atoms with Crippen LogP contribution in [0.5, 0.6) is 11.5 Å². The molecule has 1 saturated heterocycles. The average Bonchev–Trinajstić information content (AvgIpc) is 2.68. The summed E-state index contributed by atoms with van der Waals surface area (Å²) in [5, 5.41) is 3.51. The largest absolute Gasteiger partial charge is 0.497 e. The molecule has 1 aliphatic rings.